The molecule has 3 rings (SSSR count). The van der Waals surface area contributed by atoms with Crippen LogP contribution in [0.5, 0.6) is 0 Å². The number of rotatable bonds is 7. The molecule has 2 saturated carbocycles. The van der Waals surface area contributed by atoms with Gasteiger partial charge in [0.2, 0.25) is 11.8 Å². The van der Waals surface area contributed by atoms with Crippen LogP contribution in [0.25, 0.3) is 0 Å². The Morgan fingerprint density at radius 3 is 2.64 bits per heavy atom. The van der Waals surface area contributed by atoms with Crippen LogP contribution in [0.4, 0.5) is 0 Å². The zero-order valence-electron chi connectivity index (χ0n) is 12.9. The number of hydrogen-bond donors (Lipinski definition) is 1. The fourth-order valence-corrected chi connectivity index (χ4v) is 3.15. The van der Waals surface area contributed by atoms with Gasteiger partial charge >= 0.3 is 0 Å². The lowest BCUT2D eigenvalue weighted by Gasteiger charge is -2.21. The molecule has 1 aromatic heterocycles. The van der Waals surface area contributed by atoms with Gasteiger partial charge in [0.25, 0.3) is 0 Å². The van der Waals surface area contributed by atoms with Crippen molar-refractivity contribution in [3.8, 4) is 0 Å². The Bertz CT molecular complexity index is 502. The first-order valence-electron chi connectivity index (χ1n) is 8.33. The van der Waals surface area contributed by atoms with Crippen molar-refractivity contribution < 1.29 is 14.0 Å². The first-order valence-corrected chi connectivity index (χ1v) is 8.33. The molecule has 5 heteroatoms. The zero-order chi connectivity index (χ0) is 15.4. The highest BCUT2D eigenvalue weighted by molar-refractivity contribution is 5.81. The number of carbonyl (C=O) groups is 2. The maximum atomic E-state index is 12.4. The lowest BCUT2D eigenvalue weighted by molar-refractivity contribution is -0.132. The topological polar surface area (TPSA) is 62.6 Å². The first kappa shape index (κ1) is 15.1. The quantitative estimate of drug-likeness (QED) is 0.841. The van der Waals surface area contributed by atoms with Gasteiger partial charge in [0.15, 0.2) is 0 Å². The van der Waals surface area contributed by atoms with E-state index >= 15 is 0 Å². The van der Waals surface area contributed by atoms with Crippen molar-refractivity contribution in [3.05, 3.63) is 24.2 Å². The van der Waals surface area contributed by atoms with Crippen LogP contribution in [0.3, 0.4) is 0 Å². The molecule has 1 heterocycles. The summed E-state index contributed by atoms with van der Waals surface area (Å²) in [6, 6.07) is 4.08. The van der Waals surface area contributed by atoms with Gasteiger partial charge in [0, 0.05) is 24.9 Å². The van der Waals surface area contributed by atoms with Crippen LogP contribution < -0.4 is 5.32 Å². The standard InChI is InChI=1S/C17H24N2O3/c20-16(9-10-18-17(21)13-4-1-2-5-13)19(14-7-8-14)12-15-6-3-11-22-15/h3,6,11,13-14H,1-2,4-5,7-10,12H2,(H,18,21). The number of amides is 2. The van der Waals surface area contributed by atoms with E-state index in [0.29, 0.717) is 25.6 Å². The number of nitrogens with one attached hydrogen (secondary N) is 1. The average molecular weight is 304 g/mol. The molecule has 120 valence electrons. The van der Waals surface area contributed by atoms with E-state index in [1.165, 1.54) is 0 Å². The maximum absolute atomic E-state index is 12.4. The molecule has 0 bridgehead atoms. The predicted octanol–water partition coefficient (Wildman–Crippen LogP) is 2.47. The average Bonchev–Trinajstić information content (AvgIpc) is 3.02. The molecule has 1 N–H and O–H groups in total. The molecule has 2 amide bonds. The van der Waals surface area contributed by atoms with E-state index in [4.69, 9.17) is 4.42 Å². The second kappa shape index (κ2) is 6.99. The summed E-state index contributed by atoms with van der Waals surface area (Å²) in [5, 5.41) is 2.92. The summed E-state index contributed by atoms with van der Waals surface area (Å²) in [6.07, 6.45) is 8.42. The molecule has 0 unspecified atom stereocenters. The molecule has 1 aromatic rings. The molecule has 0 atom stereocenters. The first-order chi connectivity index (χ1) is 10.7. The van der Waals surface area contributed by atoms with Gasteiger partial charge in [-0.25, -0.2) is 0 Å². The summed E-state index contributed by atoms with van der Waals surface area (Å²) in [4.78, 5) is 26.2. The minimum absolute atomic E-state index is 0.102. The van der Waals surface area contributed by atoms with Crippen LogP contribution in [0.1, 0.15) is 50.7 Å². The molecule has 2 aliphatic carbocycles. The van der Waals surface area contributed by atoms with E-state index in [1.807, 2.05) is 17.0 Å². The van der Waals surface area contributed by atoms with Gasteiger partial charge < -0.3 is 14.6 Å². The van der Waals surface area contributed by atoms with E-state index in [1.54, 1.807) is 6.26 Å². The molecule has 5 nitrogen and oxygen atoms in total. The van der Waals surface area contributed by atoms with Crippen molar-refractivity contribution >= 4 is 11.8 Å². The molecule has 0 radical (unpaired) electrons. The van der Waals surface area contributed by atoms with Crippen LogP contribution in [0.2, 0.25) is 0 Å². The summed E-state index contributed by atoms with van der Waals surface area (Å²) >= 11 is 0. The van der Waals surface area contributed by atoms with Crippen molar-refractivity contribution in [3.63, 3.8) is 0 Å². The van der Waals surface area contributed by atoms with E-state index < -0.39 is 0 Å². The Hall–Kier alpha value is -1.78. The van der Waals surface area contributed by atoms with Gasteiger partial charge in [0.05, 0.1) is 12.8 Å². The fourth-order valence-electron chi connectivity index (χ4n) is 3.15. The SMILES string of the molecule is O=C(NCCC(=O)N(Cc1ccco1)C1CC1)C1CCCC1. The van der Waals surface area contributed by atoms with Gasteiger partial charge in [-0.05, 0) is 37.8 Å². The second-order valence-electron chi connectivity index (χ2n) is 6.35. The van der Waals surface area contributed by atoms with Gasteiger partial charge in [0.1, 0.15) is 5.76 Å². The van der Waals surface area contributed by atoms with E-state index in [0.717, 1.165) is 44.3 Å². The van der Waals surface area contributed by atoms with Crippen LogP contribution in [-0.4, -0.2) is 29.3 Å². The second-order valence-corrected chi connectivity index (χ2v) is 6.35. The van der Waals surface area contributed by atoms with Gasteiger partial charge in [-0.2, -0.15) is 0 Å². The molecule has 0 saturated heterocycles. The highest BCUT2D eigenvalue weighted by Gasteiger charge is 2.32. The molecule has 0 spiro atoms. The number of hydrogen-bond acceptors (Lipinski definition) is 3. The molecule has 22 heavy (non-hydrogen) atoms. The normalized spacial score (nSPS) is 18.4. The van der Waals surface area contributed by atoms with Crippen LogP contribution >= 0.6 is 0 Å². The largest absolute Gasteiger partial charge is 0.467 e. The minimum Gasteiger partial charge on any atom is -0.467 e. The van der Waals surface area contributed by atoms with Crippen molar-refractivity contribution in [1.82, 2.24) is 10.2 Å². The minimum atomic E-state index is 0.102. The third-order valence-electron chi connectivity index (χ3n) is 4.58. The predicted molar refractivity (Wildman–Crippen MR) is 81.9 cm³/mol. The van der Waals surface area contributed by atoms with E-state index in [2.05, 4.69) is 5.32 Å². The Balaban J connectivity index is 1.44. The van der Waals surface area contributed by atoms with Crippen molar-refractivity contribution in [2.24, 2.45) is 5.92 Å². The van der Waals surface area contributed by atoms with E-state index in [9.17, 15) is 9.59 Å². The number of carbonyl (C=O) groups excluding carboxylic acids is 2. The molecular weight excluding hydrogens is 280 g/mol. The number of nitrogens with zero attached hydrogens (tertiary/aromatic N) is 1. The summed E-state index contributed by atoms with van der Waals surface area (Å²) in [5.41, 5.74) is 0. The molecule has 0 aliphatic heterocycles. The van der Waals surface area contributed by atoms with Gasteiger partial charge in [-0.3, -0.25) is 9.59 Å². The summed E-state index contributed by atoms with van der Waals surface area (Å²) in [6.45, 7) is 0.975. The van der Waals surface area contributed by atoms with Crippen molar-refractivity contribution in [2.45, 2.75) is 57.5 Å². The third kappa shape index (κ3) is 3.90. The lowest BCUT2D eigenvalue weighted by atomic mass is 10.1. The Kier molecular flexibility index (Phi) is 4.80. The fraction of sp³-hybridized carbons (Fsp3) is 0.647. The van der Waals surface area contributed by atoms with Crippen LogP contribution in [-0.2, 0) is 16.1 Å². The monoisotopic (exact) mass is 304 g/mol. The van der Waals surface area contributed by atoms with Crippen LogP contribution in [0, 0.1) is 5.92 Å². The van der Waals surface area contributed by atoms with Crippen molar-refractivity contribution in [2.75, 3.05) is 6.54 Å². The molecule has 2 aliphatic rings. The van der Waals surface area contributed by atoms with E-state index in [-0.39, 0.29) is 17.7 Å². The zero-order valence-corrected chi connectivity index (χ0v) is 12.9. The number of furan rings is 1. The van der Waals surface area contributed by atoms with Gasteiger partial charge in [-0.1, -0.05) is 12.8 Å². The Labute approximate surface area is 131 Å². The van der Waals surface area contributed by atoms with Gasteiger partial charge in [-0.15, -0.1) is 0 Å². The third-order valence-corrected chi connectivity index (χ3v) is 4.58. The summed E-state index contributed by atoms with van der Waals surface area (Å²) in [7, 11) is 0. The summed E-state index contributed by atoms with van der Waals surface area (Å²) < 4.78 is 5.34. The Morgan fingerprint density at radius 1 is 1.23 bits per heavy atom. The van der Waals surface area contributed by atoms with Crippen LogP contribution in [0.15, 0.2) is 22.8 Å². The highest BCUT2D eigenvalue weighted by Crippen LogP contribution is 2.29. The highest BCUT2D eigenvalue weighted by atomic mass is 16.3. The lowest BCUT2D eigenvalue weighted by Crippen LogP contribution is -2.36. The molecule has 2 fully saturated rings. The molecule has 0 aromatic carbocycles. The smallest absolute Gasteiger partial charge is 0.225 e. The Morgan fingerprint density at radius 2 is 2.00 bits per heavy atom. The molecular formula is C17H24N2O3. The maximum Gasteiger partial charge on any atom is 0.225 e. The van der Waals surface area contributed by atoms with Crippen molar-refractivity contribution in [1.29, 1.82) is 0 Å². The summed E-state index contributed by atoms with van der Waals surface area (Å²) in [5.74, 6) is 1.20.